The monoisotopic (exact) mass is 276 g/mol. The van der Waals surface area contributed by atoms with Gasteiger partial charge < -0.3 is 5.43 Å². The lowest BCUT2D eigenvalue weighted by atomic mass is 10.1. The number of benzene rings is 1. The van der Waals surface area contributed by atoms with Gasteiger partial charge in [0.05, 0.1) is 5.69 Å². The zero-order valence-electron chi connectivity index (χ0n) is 8.37. The zero-order chi connectivity index (χ0) is 11.1. The Morgan fingerprint density at radius 1 is 1.19 bits per heavy atom. The Hall–Kier alpha value is -1.46. The number of hydrogen-bond acceptors (Lipinski definition) is 4. The highest BCUT2D eigenvalue weighted by Gasteiger charge is 2.20. The van der Waals surface area contributed by atoms with E-state index in [0.717, 1.165) is 27.7 Å². The Balaban J connectivity index is 2.16. The van der Waals surface area contributed by atoms with Gasteiger partial charge in [-0.15, -0.1) is 10.2 Å². The molecule has 1 aromatic carbocycles. The van der Waals surface area contributed by atoms with Crippen LogP contribution in [0.2, 0.25) is 0 Å². The molecule has 0 radical (unpaired) electrons. The third kappa shape index (κ3) is 1.40. The van der Waals surface area contributed by atoms with Gasteiger partial charge in [0, 0.05) is 16.5 Å². The second-order valence-corrected chi connectivity index (χ2v) is 4.64. The molecule has 1 heterocycles. The van der Waals surface area contributed by atoms with Crippen molar-refractivity contribution in [2.24, 2.45) is 5.84 Å². The molecular formula is C11H9BrN4. The molecule has 0 fully saturated rings. The van der Waals surface area contributed by atoms with Gasteiger partial charge in [-0.2, -0.15) is 0 Å². The van der Waals surface area contributed by atoms with E-state index >= 15 is 0 Å². The van der Waals surface area contributed by atoms with Crippen LogP contribution in [-0.4, -0.2) is 10.2 Å². The van der Waals surface area contributed by atoms with Crippen molar-refractivity contribution in [2.45, 2.75) is 6.42 Å². The lowest BCUT2D eigenvalue weighted by Crippen LogP contribution is -2.09. The molecule has 1 aromatic heterocycles. The Kier molecular flexibility index (Phi) is 2.15. The average Bonchev–Trinajstić information content (AvgIpc) is 2.64. The van der Waals surface area contributed by atoms with E-state index in [0.29, 0.717) is 5.82 Å². The first-order valence-electron chi connectivity index (χ1n) is 4.90. The molecule has 3 N–H and O–H groups in total. The summed E-state index contributed by atoms with van der Waals surface area (Å²) >= 11 is 3.47. The Labute approximate surface area is 101 Å². The third-order valence-electron chi connectivity index (χ3n) is 2.72. The number of nitrogens with zero attached hydrogens (tertiary/aromatic N) is 2. The fourth-order valence-electron chi connectivity index (χ4n) is 2.01. The first kappa shape index (κ1) is 9.74. The lowest BCUT2D eigenvalue weighted by Gasteiger charge is -2.01. The normalized spacial score (nSPS) is 12.1. The SMILES string of the molecule is NNc1cc2c(nn1)-c1ccc(Br)cc1C2. The summed E-state index contributed by atoms with van der Waals surface area (Å²) < 4.78 is 1.09. The molecular weight excluding hydrogens is 268 g/mol. The van der Waals surface area contributed by atoms with Gasteiger partial charge in [0.25, 0.3) is 0 Å². The van der Waals surface area contributed by atoms with Crippen molar-refractivity contribution in [1.29, 1.82) is 0 Å². The number of hydrazine groups is 1. The minimum absolute atomic E-state index is 0.602. The molecule has 0 saturated heterocycles. The van der Waals surface area contributed by atoms with Gasteiger partial charge in [0.2, 0.25) is 0 Å². The molecule has 4 nitrogen and oxygen atoms in total. The minimum Gasteiger partial charge on any atom is -0.307 e. The van der Waals surface area contributed by atoms with E-state index in [1.807, 2.05) is 12.1 Å². The molecule has 5 heteroatoms. The first-order chi connectivity index (χ1) is 7.78. The van der Waals surface area contributed by atoms with Crippen molar-refractivity contribution in [3.63, 3.8) is 0 Å². The van der Waals surface area contributed by atoms with Gasteiger partial charge >= 0.3 is 0 Å². The summed E-state index contributed by atoms with van der Waals surface area (Å²) in [4.78, 5) is 0. The third-order valence-corrected chi connectivity index (χ3v) is 3.22. The van der Waals surface area contributed by atoms with Crippen LogP contribution in [0.3, 0.4) is 0 Å². The van der Waals surface area contributed by atoms with Gasteiger partial charge in [-0.05, 0) is 29.3 Å². The van der Waals surface area contributed by atoms with Crippen LogP contribution in [0, 0.1) is 0 Å². The fourth-order valence-corrected chi connectivity index (χ4v) is 2.42. The van der Waals surface area contributed by atoms with Gasteiger partial charge in [-0.25, -0.2) is 5.84 Å². The maximum Gasteiger partial charge on any atom is 0.162 e. The highest BCUT2D eigenvalue weighted by Crippen LogP contribution is 2.36. The highest BCUT2D eigenvalue weighted by molar-refractivity contribution is 9.10. The standard InChI is InChI=1S/C11H9BrN4/c12-8-1-2-9-6(4-8)3-7-5-10(14-13)15-16-11(7)9/h1-2,4-5H,3,13H2,(H,14,15). The zero-order valence-corrected chi connectivity index (χ0v) is 9.95. The summed E-state index contributed by atoms with van der Waals surface area (Å²) in [5.74, 6) is 5.92. The van der Waals surface area contributed by atoms with E-state index in [2.05, 4.69) is 43.7 Å². The number of halogens is 1. The summed E-state index contributed by atoms with van der Waals surface area (Å²) in [6, 6.07) is 8.14. The van der Waals surface area contributed by atoms with Gasteiger partial charge in [-0.1, -0.05) is 22.0 Å². The number of hydrogen-bond donors (Lipinski definition) is 2. The summed E-state index contributed by atoms with van der Waals surface area (Å²) in [5.41, 5.74) is 7.07. The van der Waals surface area contributed by atoms with Crippen molar-refractivity contribution in [1.82, 2.24) is 10.2 Å². The number of fused-ring (bicyclic) bond motifs is 3. The van der Waals surface area contributed by atoms with Crippen LogP contribution in [0.25, 0.3) is 11.3 Å². The van der Waals surface area contributed by atoms with Gasteiger partial charge in [-0.3, -0.25) is 0 Å². The second-order valence-electron chi connectivity index (χ2n) is 3.73. The number of aromatic nitrogens is 2. The summed E-state index contributed by atoms with van der Waals surface area (Å²) in [6.07, 6.45) is 0.883. The summed E-state index contributed by atoms with van der Waals surface area (Å²) in [5, 5.41) is 8.19. The molecule has 1 aliphatic carbocycles. The van der Waals surface area contributed by atoms with Crippen LogP contribution in [0.1, 0.15) is 11.1 Å². The second kappa shape index (κ2) is 3.54. The number of nitrogen functional groups attached to an aromatic ring is 1. The van der Waals surface area contributed by atoms with E-state index in [-0.39, 0.29) is 0 Å². The fraction of sp³-hybridized carbons (Fsp3) is 0.0909. The van der Waals surface area contributed by atoms with Crippen molar-refractivity contribution in [2.75, 3.05) is 5.43 Å². The predicted octanol–water partition coefficient (Wildman–Crippen LogP) is 2.10. The van der Waals surface area contributed by atoms with Crippen molar-refractivity contribution in [3.05, 3.63) is 39.9 Å². The quantitative estimate of drug-likeness (QED) is 0.528. The van der Waals surface area contributed by atoms with Crippen LogP contribution in [0.4, 0.5) is 5.82 Å². The Morgan fingerprint density at radius 2 is 2.06 bits per heavy atom. The van der Waals surface area contributed by atoms with Gasteiger partial charge in [0.1, 0.15) is 0 Å². The van der Waals surface area contributed by atoms with Crippen LogP contribution < -0.4 is 11.3 Å². The molecule has 0 unspecified atom stereocenters. The number of rotatable bonds is 1. The molecule has 0 amide bonds. The van der Waals surface area contributed by atoms with E-state index in [9.17, 15) is 0 Å². The Morgan fingerprint density at radius 3 is 2.88 bits per heavy atom. The highest BCUT2D eigenvalue weighted by atomic mass is 79.9. The van der Waals surface area contributed by atoms with Gasteiger partial charge in [0.15, 0.2) is 5.82 Å². The maximum absolute atomic E-state index is 5.31. The van der Waals surface area contributed by atoms with E-state index in [4.69, 9.17) is 5.84 Å². The van der Waals surface area contributed by atoms with Crippen molar-refractivity contribution in [3.8, 4) is 11.3 Å². The lowest BCUT2D eigenvalue weighted by molar-refractivity contribution is 1.01. The van der Waals surface area contributed by atoms with Crippen molar-refractivity contribution < 1.29 is 0 Å². The summed E-state index contributed by atoms with van der Waals surface area (Å²) in [7, 11) is 0. The molecule has 3 rings (SSSR count). The molecule has 0 bridgehead atoms. The predicted molar refractivity (Wildman–Crippen MR) is 65.8 cm³/mol. The maximum atomic E-state index is 5.31. The van der Waals surface area contributed by atoms with E-state index in [1.54, 1.807) is 0 Å². The van der Waals surface area contributed by atoms with Crippen LogP contribution in [0.15, 0.2) is 28.7 Å². The topological polar surface area (TPSA) is 63.8 Å². The first-order valence-corrected chi connectivity index (χ1v) is 5.69. The molecule has 80 valence electrons. The molecule has 0 aliphatic heterocycles. The number of nitrogens with two attached hydrogens (primary N) is 1. The smallest absolute Gasteiger partial charge is 0.162 e. The van der Waals surface area contributed by atoms with E-state index < -0.39 is 0 Å². The molecule has 2 aromatic rings. The average molecular weight is 277 g/mol. The number of nitrogens with one attached hydrogen (secondary N) is 1. The summed E-state index contributed by atoms with van der Waals surface area (Å²) in [6.45, 7) is 0. The molecule has 0 spiro atoms. The van der Waals surface area contributed by atoms with Crippen molar-refractivity contribution >= 4 is 21.7 Å². The largest absolute Gasteiger partial charge is 0.307 e. The Bertz CT molecular complexity index is 568. The minimum atomic E-state index is 0.602. The molecule has 0 saturated carbocycles. The van der Waals surface area contributed by atoms with Crippen LogP contribution in [-0.2, 0) is 6.42 Å². The molecule has 16 heavy (non-hydrogen) atoms. The van der Waals surface area contributed by atoms with Crippen LogP contribution >= 0.6 is 15.9 Å². The molecule has 1 aliphatic rings. The number of anilines is 1. The van der Waals surface area contributed by atoms with E-state index in [1.165, 1.54) is 5.56 Å². The molecule has 0 atom stereocenters. The van der Waals surface area contributed by atoms with Crippen LogP contribution in [0.5, 0.6) is 0 Å².